The minimum atomic E-state index is 0.399. The fourth-order valence-corrected chi connectivity index (χ4v) is 3.31. The standard InChI is InChI=1S/C14H19BrN4O/c1-9-7-16-13-14(18-12(15)8-17-13)19(9)10-3-5-11(20-2)6-4-10/h8,10-11H,1,3-7H2,2H3,(H,16,17)/t10-,11-/i7+1,9+1. The molecule has 2 aliphatic rings. The molecule has 0 aromatic carbocycles. The molecule has 3 rings (SSSR count). The summed E-state index contributed by atoms with van der Waals surface area (Å²) in [4.78, 5) is 11.2. The maximum absolute atomic E-state index is 5.45. The van der Waals surface area contributed by atoms with E-state index in [-0.39, 0.29) is 0 Å². The molecule has 0 saturated heterocycles. The monoisotopic (exact) mass is 340 g/mol. The molecule has 1 N–H and O–H groups in total. The number of ether oxygens (including phenoxy) is 1. The van der Waals surface area contributed by atoms with Crippen molar-refractivity contribution in [1.82, 2.24) is 9.97 Å². The lowest BCUT2D eigenvalue weighted by Crippen LogP contribution is -2.43. The van der Waals surface area contributed by atoms with E-state index >= 15 is 0 Å². The first-order chi connectivity index (χ1) is 9.69. The maximum atomic E-state index is 5.45. The first-order valence-electron chi connectivity index (χ1n) is 6.95. The summed E-state index contributed by atoms with van der Waals surface area (Å²) < 4.78 is 6.21. The van der Waals surface area contributed by atoms with Crippen LogP contribution in [0.5, 0.6) is 0 Å². The zero-order valence-corrected chi connectivity index (χ0v) is 13.2. The Morgan fingerprint density at radius 1 is 1.40 bits per heavy atom. The summed E-state index contributed by atoms with van der Waals surface area (Å²) >= 11 is 3.40. The number of methoxy groups -OCH3 is 1. The number of halogens is 1. The minimum Gasteiger partial charge on any atom is -0.381 e. The average Bonchev–Trinajstić information content (AvgIpc) is 2.47. The van der Waals surface area contributed by atoms with Gasteiger partial charge in [-0.2, -0.15) is 0 Å². The van der Waals surface area contributed by atoms with Crippen molar-refractivity contribution in [2.24, 2.45) is 0 Å². The van der Waals surface area contributed by atoms with Gasteiger partial charge < -0.3 is 15.0 Å². The van der Waals surface area contributed by atoms with E-state index in [1.165, 1.54) is 0 Å². The van der Waals surface area contributed by atoms with E-state index in [0.717, 1.165) is 54.2 Å². The number of rotatable bonds is 2. The van der Waals surface area contributed by atoms with Gasteiger partial charge in [-0.3, -0.25) is 0 Å². The smallest absolute Gasteiger partial charge is 0.177 e. The Labute approximate surface area is 127 Å². The highest BCUT2D eigenvalue weighted by atomic mass is 79.9. The fourth-order valence-electron chi connectivity index (χ4n) is 3.04. The van der Waals surface area contributed by atoms with Crippen LogP contribution in [0.2, 0.25) is 0 Å². The Kier molecular flexibility index (Phi) is 3.94. The Bertz CT molecular complexity index is 514. The quantitative estimate of drug-likeness (QED) is 0.839. The van der Waals surface area contributed by atoms with Crippen molar-refractivity contribution in [3.63, 3.8) is 0 Å². The zero-order chi connectivity index (χ0) is 14.1. The summed E-state index contributed by atoms with van der Waals surface area (Å²) in [5, 5.41) is 3.27. The van der Waals surface area contributed by atoms with E-state index in [2.05, 4.69) is 42.7 Å². The Balaban J connectivity index is 1.86. The van der Waals surface area contributed by atoms with Crippen molar-refractivity contribution in [3.05, 3.63) is 23.1 Å². The number of nitrogens with one attached hydrogen (secondary N) is 1. The van der Waals surface area contributed by atoms with E-state index in [4.69, 9.17) is 4.74 Å². The normalized spacial score (nSPS) is 26.1. The highest BCUT2D eigenvalue weighted by Crippen LogP contribution is 2.36. The molecule has 108 valence electrons. The summed E-state index contributed by atoms with van der Waals surface area (Å²) in [6, 6.07) is 0.443. The van der Waals surface area contributed by atoms with Crippen LogP contribution in [0.15, 0.2) is 23.1 Å². The van der Waals surface area contributed by atoms with Crippen molar-refractivity contribution in [2.75, 3.05) is 23.9 Å². The van der Waals surface area contributed by atoms with Crippen LogP contribution in [-0.2, 0) is 4.74 Å². The molecule has 0 bridgehead atoms. The molecular formula is C14H19BrN4O. The maximum Gasteiger partial charge on any atom is 0.177 e. The Morgan fingerprint density at radius 2 is 2.15 bits per heavy atom. The summed E-state index contributed by atoms with van der Waals surface area (Å²) in [6.07, 6.45) is 6.51. The molecule has 2 heterocycles. The number of hydrogen-bond acceptors (Lipinski definition) is 5. The lowest BCUT2D eigenvalue weighted by atomic mass is 9.92. The first-order valence-corrected chi connectivity index (χ1v) is 7.74. The second kappa shape index (κ2) is 5.69. The van der Waals surface area contributed by atoms with Gasteiger partial charge in [-0.25, -0.2) is 9.97 Å². The van der Waals surface area contributed by atoms with Gasteiger partial charge in [0, 0.05) is 18.8 Å². The summed E-state index contributed by atoms with van der Waals surface area (Å²) in [5.41, 5.74) is 1.06. The van der Waals surface area contributed by atoms with Crippen molar-refractivity contribution in [3.8, 4) is 0 Å². The molecular weight excluding hydrogens is 322 g/mol. The third-order valence-corrected chi connectivity index (χ3v) is 4.48. The van der Waals surface area contributed by atoms with E-state index in [9.17, 15) is 0 Å². The molecule has 0 amide bonds. The van der Waals surface area contributed by atoms with Crippen molar-refractivity contribution < 1.29 is 4.74 Å². The van der Waals surface area contributed by atoms with E-state index in [0.29, 0.717) is 12.1 Å². The molecule has 1 saturated carbocycles. The van der Waals surface area contributed by atoms with Gasteiger partial charge in [0.1, 0.15) is 4.60 Å². The number of fused-ring (bicyclic) bond motifs is 1. The number of aromatic nitrogens is 2. The predicted octanol–water partition coefficient (Wildman–Crippen LogP) is 2.94. The van der Waals surface area contributed by atoms with Gasteiger partial charge in [0.25, 0.3) is 0 Å². The molecule has 20 heavy (non-hydrogen) atoms. The van der Waals surface area contributed by atoms with Crippen LogP contribution in [0, 0.1) is 0 Å². The van der Waals surface area contributed by atoms with Crippen molar-refractivity contribution >= 4 is 27.6 Å². The van der Waals surface area contributed by atoms with Crippen LogP contribution in [-0.4, -0.2) is 35.8 Å². The molecule has 1 fully saturated rings. The second-order valence-electron chi connectivity index (χ2n) is 5.32. The van der Waals surface area contributed by atoms with Gasteiger partial charge in [-0.05, 0) is 41.6 Å². The molecule has 1 aliphatic heterocycles. The van der Waals surface area contributed by atoms with Crippen molar-refractivity contribution in [1.29, 1.82) is 0 Å². The van der Waals surface area contributed by atoms with Gasteiger partial charge in [-0.15, -0.1) is 0 Å². The van der Waals surface area contributed by atoms with Crippen LogP contribution in [0.4, 0.5) is 11.6 Å². The van der Waals surface area contributed by atoms with Gasteiger partial charge in [-0.1, -0.05) is 6.58 Å². The van der Waals surface area contributed by atoms with Crippen LogP contribution in [0.1, 0.15) is 25.7 Å². The molecule has 0 atom stereocenters. The first kappa shape index (κ1) is 13.8. The zero-order valence-electron chi connectivity index (χ0n) is 11.6. The molecule has 0 radical (unpaired) electrons. The highest BCUT2D eigenvalue weighted by molar-refractivity contribution is 9.10. The van der Waals surface area contributed by atoms with Crippen LogP contribution in [0.3, 0.4) is 0 Å². The summed E-state index contributed by atoms with van der Waals surface area (Å²) in [6.45, 7) is 4.92. The minimum absolute atomic E-state index is 0.399. The summed E-state index contributed by atoms with van der Waals surface area (Å²) in [5.74, 6) is 1.73. The Hall–Kier alpha value is -1.14. The Morgan fingerprint density at radius 3 is 2.85 bits per heavy atom. The average molecular weight is 341 g/mol. The largest absolute Gasteiger partial charge is 0.381 e. The van der Waals surface area contributed by atoms with Crippen LogP contribution in [0.25, 0.3) is 0 Å². The molecule has 0 spiro atoms. The highest BCUT2D eigenvalue weighted by Gasteiger charge is 2.32. The third kappa shape index (κ3) is 2.54. The number of nitrogens with zero attached hydrogens (tertiary/aromatic N) is 3. The lowest BCUT2D eigenvalue weighted by molar-refractivity contribution is 0.0660. The number of anilines is 2. The lowest BCUT2D eigenvalue weighted by Gasteiger charge is -2.41. The molecule has 1 aromatic heterocycles. The van der Waals surface area contributed by atoms with Gasteiger partial charge >= 0.3 is 0 Å². The topological polar surface area (TPSA) is 50.3 Å². The molecule has 5 nitrogen and oxygen atoms in total. The SMILES string of the molecule is C=[13C]1[13CH2]Nc2ncc(Br)nc2N1[C@H]1CC[C@H](OC)CC1. The van der Waals surface area contributed by atoms with Crippen molar-refractivity contribution in [2.45, 2.75) is 37.8 Å². The third-order valence-electron chi connectivity index (χ3n) is 4.10. The fraction of sp³-hybridized carbons (Fsp3) is 0.571. The van der Waals surface area contributed by atoms with Gasteiger partial charge in [0.15, 0.2) is 11.6 Å². The molecule has 0 unspecified atom stereocenters. The molecule has 6 heteroatoms. The van der Waals surface area contributed by atoms with Crippen LogP contribution < -0.4 is 10.2 Å². The van der Waals surface area contributed by atoms with E-state index < -0.39 is 0 Å². The molecule has 1 aliphatic carbocycles. The second-order valence-corrected chi connectivity index (χ2v) is 6.13. The molecule has 1 aromatic rings. The van der Waals surface area contributed by atoms with E-state index in [1.54, 1.807) is 13.3 Å². The number of hydrogen-bond donors (Lipinski definition) is 1. The predicted molar refractivity (Wildman–Crippen MR) is 82.9 cm³/mol. The van der Waals surface area contributed by atoms with Gasteiger partial charge in [0.2, 0.25) is 0 Å². The van der Waals surface area contributed by atoms with E-state index in [1.807, 2.05) is 0 Å². The van der Waals surface area contributed by atoms with Gasteiger partial charge in [0.05, 0.1) is 18.8 Å². The van der Waals surface area contributed by atoms with Crippen LogP contribution >= 0.6 is 15.9 Å². The summed E-state index contributed by atoms with van der Waals surface area (Å²) in [7, 11) is 1.80.